The predicted molar refractivity (Wildman–Crippen MR) is 187 cm³/mol. The third-order valence-electron chi connectivity index (χ3n) is 10.4. The van der Waals surface area contributed by atoms with E-state index < -0.39 is 54.3 Å². The summed E-state index contributed by atoms with van der Waals surface area (Å²) in [6, 6.07) is 12.9. The van der Waals surface area contributed by atoms with Gasteiger partial charge in [0.05, 0.1) is 6.42 Å². The largest absolute Gasteiger partial charge is 0.481 e. The van der Waals surface area contributed by atoms with E-state index >= 15 is 0 Å². The molecule has 1 aliphatic carbocycles. The summed E-state index contributed by atoms with van der Waals surface area (Å²) in [6.45, 7) is 8.63. The number of carbonyl (C=O) groups is 5. The SMILES string of the molecule is CC[C@H](C)[C@H](NC(=O)OCC1c2ccccc2-c2ccccc21)C(=O)N(C)[C@H](C(=O)N(C)[C@@H](CC(=O)O)C(=O)N1CCCCC1)[C@@H](C)CC. The molecule has 0 bridgehead atoms. The third kappa shape index (κ3) is 8.43. The van der Waals surface area contributed by atoms with Gasteiger partial charge < -0.3 is 29.9 Å². The van der Waals surface area contributed by atoms with Crippen LogP contribution in [0.3, 0.4) is 0 Å². The number of alkyl carbamates (subject to hydrolysis) is 1. The van der Waals surface area contributed by atoms with Crippen LogP contribution in [0.25, 0.3) is 11.1 Å². The number of carbonyl (C=O) groups excluding carboxylic acids is 4. The molecule has 266 valence electrons. The van der Waals surface area contributed by atoms with Gasteiger partial charge in [-0.3, -0.25) is 19.2 Å². The average Bonchev–Trinajstić information content (AvgIpc) is 3.44. The first-order valence-corrected chi connectivity index (χ1v) is 17.6. The molecule has 5 atom stereocenters. The van der Waals surface area contributed by atoms with Crippen LogP contribution in [0.2, 0.25) is 0 Å². The van der Waals surface area contributed by atoms with Crippen molar-refractivity contribution in [1.82, 2.24) is 20.0 Å². The van der Waals surface area contributed by atoms with Crippen LogP contribution in [0.4, 0.5) is 4.79 Å². The number of benzene rings is 2. The number of rotatable bonds is 14. The summed E-state index contributed by atoms with van der Waals surface area (Å²) >= 11 is 0. The normalized spacial score (nSPS) is 17.1. The summed E-state index contributed by atoms with van der Waals surface area (Å²) in [5.41, 5.74) is 4.36. The van der Waals surface area contributed by atoms with E-state index in [4.69, 9.17) is 4.74 Å². The zero-order valence-electron chi connectivity index (χ0n) is 29.7. The van der Waals surface area contributed by atoms with Crippen molar-refractivity contribution in [2.75, 3.05) is 33.8 Å². The Morgan fingerprint density at radius 3 is 1.92 bits per heavy atom. The third-order valence-corrected chi connectivity index (χ3v) is 10.4. The average molecular weight is 677 g/mol. The maximum Gasteiger partial charge on any atom is 0.407 e. The molecule has 2 N–H and O–H groups in total. The fraction of sp³-hybridized carbons (Fsp3) is 0.553. The van der Waals surface area contributed by atoms with Crippen LogP contribution < -0.4 is 5.32 Å². The van der Waals surface area contributed by atoms with Crippen LogP contribution in [0.5, 0.6) is 0 Å². The molecule has 2 aromatic rings. The molecule has 0 aromatic heterocycles. The quantitative estimate of drug-likeness (QED) is 0.283. The van der Waals surface area contributed by atoms with Crippen LogP contribution in [-0.4, -0.2) is 102 Å². The topological polar surface area (TPSA) is 137 Å². The monoisotopic (exact) mass is 676 g/mol. The highest BCUT2D eigenvalue weighted by Gasteiger charge is 2.42. The molecule has 2 aliphatic rings. The molecule has 1 aliphatic heterocycles. The standard InChI is InChI=1S/C38H52N4O7/c1-7-24(3)33(39-38(48)49-23-30-28-18-12-10-16-26(28)27-17-11-13-19-29(27)30)36(46)41(6)34(25(4)8-2)37(47)40(5)31(22-32(43)44)35(45)42-20-14-9-15-21-42/h10-13,16-19,24-25,30-31,33-34H,7-9,14-15,20-23H2,1-6H3,(H,39,48)(H,43,44)/t24-,25-,31-,33-,34-/m0/s1. The lowest BCUT2D eigenvalue weighted by Gasteiger charge is -2.40. The second kappa shape index (κ2) is 16.8. The summed E-state index contributed by atoms with van der Waals surface area (Å²) < 4.78 is 5.77. The highest BCUT2D eigenvalue weighted by molar-refractivity contribution is 5.95. The zero-order chi connectivity index (χ0) is 35.8. The van der Waals surface area contributed by atoms with E-state index in [9.17, 15) is 29.1 Å². The number of ether oxygens (including phenoxy) is 1. The van der Waals surface area contributed by atoms with Crippen LogP contribution in [-0.2, 0) is 23.9 Å². The number of aliphatic carboxylic acids is 1. The predicted octanol–water partition coefficient (Wildman–Crippen LogP) is 5.13. The molecule has 1 heterocycles. The van der Waals surface area contributed by atoms with Crippen molar-refractivity contribution in [3.63, 3.8) is 0 Å². The number of nitrogens with zero attached hydrogens (tertiary/aromatic N) is 3. The van der Waals surface area contributed by atoms with E-state index in [1.54, 1.807) is 4.90 Å². The van der Waals surface area contributed by atoms with Crippen molar-refractivity contribution in [2.24, 2.45) is 11.8 Å². The van der Waals surface area contributed by atoms with Crippen molar-refractivity contribution in [3.8, 4) is 11.1 Å². The fourth-order valence-corrected chi connectivity index (χ4v) is 7.06. The van der Waals surface area contributed by atoms with E-state index in [1.165, 1.54) is 23.9 Å². The molecule has 0 spiro atoms. The summed E-state index contributed by atoms with van der Waals surface area (Å²) in [4.78, 5) is 71.3. The molecule has 0 radical (unpaired) electrons. The lowest BCUT2D eigenvalue weighted by Crippen LogP contribution is -2.60. The first-order valence-electron chi connectivity index (χ1n) is 17.6. The molecule has 4 rings (SSSR count). The molecule has 49 heavy (non-hydrogen) atoms. The fourth-order valence-electron chi connectivity index (χ4n) is 7.06. The van der Waals surface area contributed by atoms with Gasteiger partial charge in [0.2, 0.25) is 17.7 Å². The lowest BCUT2D eigenvalue weighted by molar-refractivity contribution is -0.155. The Hall–Kier alpha value is -4.41. The molecular weight excluding hydrogens is 624 g/mol. The van der Waals surface area contributed by atoms with E-state index in [-0.39, 0.29) is 24.4 Å². The summed E-state index contributed by atoms with van der Waals surface area (Å²) in [5, 5.41) is 12.5. The molecule has 1 saturated heterocycles. The molecule has 0 unspecified atom stereocenters. The minimum atomic E-state index is -1.21. The molecule has 11 nitrogen and oxygen atoms in total. The number of amides is 4. The van der Waals surface area contributed by atoms with Gasteiger partial charge in [-0.15, -0.1) is 0 Å². The van der Waals surface area contributed by atoms with Crippen LogP contribution in [0.15, 0.2) is 48.5 Å². The minimum absolute atomic E-state index is 0.0892. The Labute approximate surface area is 290 Å². The van der Waals surface area contributed by atoms with E-state index in [1.807, 2.05) is 64.1 Å². The second-order valence-corrected chi connectivity index (χ2v) is 13.6. The molecule has 2 aromatic carbocycles. The van der Waals surface area contributed by atoms with Gasteiger partial charge in [0, 0.05) is 33.1 Å². The zero-order valence-corrected chi connectivity index (χ0v) is 29.7. The van der Waals surface area contributed by atoms with Crippen molar-refractivity contribution in [3.05, 3.63) is 59.7 Å². The Morgan fingerprint density at radius 2 is 1.39 bits per heavy atom. The first-order chi connectivity index (χ1) is 23.4. The number of likely N-dealkylation sites (N-methyl/N-ethyl adjacent to an activating group) is 2. The summed E-state index contributed by atoms with van der Waals surface area (Å²) in [6.07, 6.45) is 2.48. The maximum absolute atomic E-state index is 14.2. The number of fused-ring (bicyclic) bond motifs is 3. The van der Waals surface area contributed by atoms with E-state index in [0.717, 1.165) is 41.5 Å². The summed E-state index contributed by atoms with van der Waals surface area (Å²) in [7, 11) is 2.96. The maximum atomic E-state index is 14.2. The lowest BCUT2D eigenvalue weighted by atomic mass is 9.92. The van der Waals surface area contributed by atoms with Crippen LogP contribution in [0.1, 0.15) is 83.3 Å². The molecule has 0 saturated carbocycles. The second-order valence-electron chi connectivity index (χ2n) is 13.6. The number of likely N-dealkylation sites (tertiary alicyclic amines) is 1. The molecule has 11 heteroatoms. The van der Waals surface area contributed by atoms with Gasteiger partial charge in [-0.1, -0.05) is 89.1 Å². The number of piperidine rings is 1. The van der Waals surface area contributed by atoms with Gasteiger partial charge in [0.1, 0.15) is 24.7 Å². The molecule has 1 fully saturated rings. The molecule has 4 amide bonds. The highest BCUT2D eigenvalue weighted by atomic mass is 16.5. The van der Waals surface area contributed by atoms with E-state index in [0.29, 0.717) is 25.9 Å². The van der Waals surface area contributed by atoms with Gasteiger partial charge in [0.15, 0.2) is 0 Å². The number of hydrogen-bond donors (Lipinski definition) is 2. The van der Waals surface area contributed by atoms with Gasteiger partial charge in [-0.25, -0.2) is 4.79 Å². The number of carboxylic acids is 1. The van der Waals surface area contributed by atoms with Gasteiger partial charge in [-0.05, 0) is 53.4 Å². The van der Waals surface area contributed by atoms with Crippen molar-refractivity contribution in [1.29, 1.82) is 0 Å². The van der Waals surface area contributed by atoms with Crippen molar-refractivity contribution < 1.29 is 33.8 Å². The van der Waals surface area contributed by atoms with Crippen molar-refractivity contribution in [2.45, 2.75) is 90.3 Å². The Kier molecular flexibility index (Phi) is 12.8. The molecular formula is C38H52N4O7. The van der Waals surface area contributed by atoms with Gasteiger partial charge in [0.25, 0.3) is 0 Å². The Bertz CT molecular complexity index is 1460. The van der Waals surface area contributed by atoms with Crippen LogP contribution >= 0.6 is 0 Å². The first kappa shape index (κ1) is 37.4. The number of carboxylic acid groups (broad SMARTS) is 1. The smallest absolute Gasteiger partial charge is 0.407 e. The highest BCUT2D eigenvalue weighted by Crippen LogP contribution is 2.44. The van der Waals surface area contributed by atoms with Gasteiger partial charge >= 0.3 is 12.1 Å². The Balaban J connectivity index is 1.51. The number of nitrogens with one attached hydrogen (secondary N) is 1. The summed E-state index contributed by atoms with van der Waals surface area (Å²) in [5.74, 6) is -3.34. The number of hydrogen-bond acceptors (Lipinski definition) is 6. The van der Waals surface area contributed by atoms with Crippen molar-refractivity contribution >= 4 is 29.8 Å². The minimum Gasteiger partial charge on any atom is -0.481 e. The Morgan fingerprint density at radius 1 is 0.837 bits per heavy atom. The van der Waals surface area contributed by atoms with E-state index in [2.05, 4.69) is 17.4 Å². The van der Waals surface area contributed by atoms with Gasteiger partial charge in [-0.2, -0.15) is 0 Å². The van der Waals surface area contributed by atoms with Crippen LogP contribution in [0, 0.1) is 11.8 Å².